The second kappa shape index (κ2) is 8.98. The Morgan fingerprint density at radius 1 is 1.00 bits per heavy atom. The largest absolute Gasteiger partial charge is 0.379 e. The van der Waals surface area contributed by atoms with Crippen molar-refractivity contribution in [2.75, 3.05) is 31.6 Å². The molecule has 2 heterocycles. The Hall–Kier alpha value is -3.06. The predicted octanol–water partition coefficient (Wildman–Crippen LogP) is 5.05. The molecule has 0 spiro atoms. The minimum absolute atomic E-state index is 0.141. The van der Waals surface area contributed by atoms with Crippen molar-refractivity contribution in [2.24, 2.45) is 0 Å². The van der Waals surface area contributed by atoms with E-state index in [1.807, 2.05) is 41.8 Å². The van der Waals surface area contributed by atoms with E-state index in [1.165, 1.54) is 27.7 Å². The van der Waals surface area contributed by atoms with Crippen LogP contribution in [-0.2, 0) is 11.3 Å². The van der Waals surface area contributed by atoms with Crippen molar-refractivity contribution >= 4 is 33.1 Å². The minimum atomic E-state index is -0.141. The number of morpholine rings is 1. The molecule has 1 N–H and O–H groups in total. The third-order valence-electron chi connectivity index (χ3n) is 5.50. The molecule has 31 heavy (non-hydrogen) atoms. The number of nitrogens with zero attached hydrogens (tertiary/aromatic N) is 2. The average molecular weight is 430 g/mol. The van der Waals surface area contributed by atoms with E-state index in [-0.39, 0.29) is 5.91 Å². The molecule has 3 aromatic carbocycles. The van der Waals surface area contributed by atoms with Gasteiger partial charge in [0.1, 0.15) is 0 Å². The molecular weight excluding hydrogens is 406 g/mol. The van der Waals surface area contributed by atoms with Crippen LogP contribution in [0.15, 0.2) is 72.1 Å². The van der Waals surface area contributed by atoms with Crippen molar-refractivity contribution in [3.8, 4) is 11.3 Å². The monoisotopic (exact) mass is 429 g/mol. The van der Waals surface area contributed by atoms with E-state index in [0.29, 0.717) is 10.7 Å². The second-order valence-electron chi connectivity index (χ2n) is 7.64. The fourth-order valence-corrected chi connectivity index (χ4v) is 4.48. The lowest BCUT2D eigenvalue weighted by molar-refractivity contribution is 0.0342. The van der Waals surface area contributed by atoms with Crippen LogP contribution in [0.3, 0.4) is 0 Å². The number of amides is 1. The molecule has 0 unspecified atom stereocenters. The van der Waals surface area contributed by atoms with Gasteiger partial charge in [0.05, 0.1) is 18.9 Å². The van der Waals surface area contributed by atoms with Gasteiger partial charge >= 0.3 is 0 Å². The summed E-state index contributed by atoms with van der Waals surface area (Å²) in [6.45, 7) is 4.36. The van der Waals surface area contributed by atoms with Gasteiger partial charge in [-0.3, -0.25) is 15.0 Å². The number of rotatable bonds is 5. The van der Waals surface area contributed by atoms with E-state index in [2.05, 4.69) is 45.5 Å². The number of anilines is 1. The van der Waals surface area contributed by atoms with Crippen LogP contribution >= 0.6 is 11.3 Å². The van der Waals surface area contributed by atoms with Gasteiger partial charge in [-0.15, -0.1) is 11.3 Å². The highest BCUT2D eigenvalue weighted by Crippen LogP contribution is 2.28. The number of carbonyl (C=O) groups excluding carboxylic acids is 1. The third kappa shape index (κ3) is 4.66. The molecule has 0 aliphatic carbocycles. The fourth-order valence-electron chi connectivity index (χ4n) is 3.76. The van der Waals surface area contributed by atoms with Gasteiger partial charge < -0.3 is 4.74 Å². The van der Waals surface area contributed by atoms with E-state index < -0.39 is 0 Å². The molecule has 0 radical (unpaired) electrons. The minimum Gasteiger partial charge on any atom is -0.379 e. The molecular formula is C25H23N3O2S. The first-order chi connectivity index (χ1) is 15.2. The third-order valence-corrected chi connectivity index (χ3v) is 6.25. The maximum absolute atomic E-state index is 12.7. The first kappa shape index (κ1) is 19.9. The first-order valence-corrected chi connectivity index (χ1v) is 11.3. The Bertz CT molecular complexity index is 1200. The van der Waals surface area contributed by atoms with Crippen LogP contribution in [0.2, 0.25) is 0 Å². The average Bonchev–Trinajstić information content (AvgIpc) is 3.28. The number of thiazole rings is 1. The van der Waals surface area contributed by atoms with E-state index in [9.17, 15) is 4.79 Å². The van der Waals surface area contributed by atoms with E-state index in [1.54, 1.807) is 0 Å². The van der Waals surface area contributed by atoms with Crippen molar-refractivity contribution in [2.45, 2.75) is 6.54 Å². The molecule has 4 aromatic rings. The summed E-state index contributed by atoms with van der Waals surface area (Å²) in [5, 5.41) is 7.89. The summed E-state index contributed by atoms with van der Waals surface area (Å²) in [7, 11) is 0. The van der Waals surface area contributed by atoms with Crippen molar-refractivity contribution < 1.29 is 9.53 Å². The number of hydrogen-bond acceptors (Lipinski definition) is 5. The van der Waals surface area contributed by atoms with Gasteiger partial charge in [0.15, 0.2) is 5.13 Å². The molecule has 0 atom stereocenters. The summed E-state index contributed by atoms with van der Waals surface area (Å²) in [6, 6.07) is 22.3. The standard InChI is InChI=1S/C25H23N3O2S/c29-24(20-7-5-18(6-8-20)16-28-11-13-30-14-12-28)27-25-26-23(17-31-25)22-10-9-19-3-1-2-4-21(19)15-22/h1-10,15,17H,11-14,16H2,(H,26,27,29). The Morgan fingerprint density at radius 2 is 1.77 bits per heavy atom. The molecule has 1 amide bonds. The van der Waals surface area contributed by atoms with Crippen LogP contribution in [0.25, 0.3) is 22.0 Å². The molecule has 5 nitrogen and oxygen atoms in total. The van der Waals surface area contributed by atoms with Crippen LogP contribution in [0.4, 0.5) is 5.13 Å². The summed E-state index contributed by atoms with van der Waals surface area (Å²) in [5.41, 5.74) is 3.74. The highest BCUT2D eigenvalue weighted by molar-refractivity contribution is 7.14. The van der Waals surface area contributed by atoms with Gasteiger partial charge in [-0.25, -0.2) is 4.98 Å². The summed E-state index contributed by atoms with van der Waals surface area (Å²) in [5.74, 6) is -0.141. The number of aromatic nitrogens is 1. The molecule has 5 rings (SSSR count). The Labute approximate surface area is 185 Å². The molecule has 0 saturated carbocycles. The summed E-state index contributed by atoms with van der Waals surface area (Å²) >= 11 is 1.44. The molecule has 1 fully saturated rings. The molecule has 156 valence electrons. The maximum atomic E-state index is 12.7. The lowest BCUT2D eigenvalue weighted by Crippen LogP contribution is -2.35. The van der Waals surface area contributed by atoms with Gasteiger partial charge in [0.2, 0.25) is 0 Å². The van der Waals surface area contributed by atoms with Crippen LogP contribution in [0.5, 0.6) is 0 Å². The molecule has 1 aliphatic rings. The first-order valence-electron chi connectivity index (χ1n) is 10.4. The number of benzene rings is 3. The summed E-state index contributed by atoms with van der Waals surface area (Å²) < 4.78 is 5.39. The van der Waals surface area contributed by atoms with Crippen molar-refractivity contribution in [1.29, 1.82) is 0 Å². The zero-order valence-electron chi connectivity index (χ0n) is 17.1. The van der Waals surface area contributed by atoms with Crippen LogP contribution in [0, 0.1) is 0 Å². The number of ether oxygens (including phenoxy) is 1. The van der Waals surface area contributed by atoms with E-state index >= 15 is 0 Å². The van der Waals surface area contributed by atoms with Crippen LogP contribution < -0.4 is 5.32 Å². The number of nitrogens with one attached hydrogen (secondary N) is 1. The van der Waals surface area contributed by atoms with Crippen LogP contribution in [-0.4, -0.2) is 42.1 Å². The number of hydrogen-bond donors (Lipinski definition) is 1. The van der Waals surface area contributed by atoms with Gasteiger partial charge in [0.25, 0.3) is 5.91 Å². The van der Waals surface area contributed by atoms with Crippen LogP contribution in [0.1, 0.15) is 15.9 Å². The molecule has 6 heteroatoms. The van der Waals surface area contributed by atoms with Gasteiger partial charge in [-0.2, -0.15) is 0 Å². The number of fused-ring (bicyclic) bond motifs is 1. The van der Waals surface area contributed by atoms with E-state index in [0.717, 1.165) is 44.1 Å². The zero-order chi connectivity index (χ0) is 21.0. The molecule has 1 saturated heterocycles. The molecule has 1 aromatic heterocycles. The Morgan fingerprint density at radius 3 is 2.58 bits per heavy atom. The van der Waals surface area contributed by atoms with Gasteiger partial charge in [-0.1, -0.05) is 48.5 Å². The zero-order valence-corrected chi connectivity index (χ0v) is 17.9. The molecule has 0 bridgehead atoms. The summed E-state index contributed by atoms with van der Waals surface area (Å²) in [4.78, 5) is 19.6. The Kier molecular flexibility index (Phi) is 5.76. The van der Waals surface area contributed by atoms with Crippen molar-refractivity contribution in [3.05, 3.63) is 83.2 Å². The van der Waals surface area contributed by atoms with Gasteiger partial charge in [-0.05, 0) is 34.5 Å². The van der Waals surface area contributed by atoms with Crippen molar-refractivity contribution in [3.63, 3.8) is 0 Å². The van der Waals surface area contributed by atoms with Gasteiger partial charge in [0, 0.05) is 36.1 Å². The highest BCUT2D eigenvalue weighted by atomic mass is 32.1. The highest BCUT2D eigenvalue weighted by Gasteiger charge is 2.13. The van der Waals surface area contributed by atoms with Crippen molar-refractivity contribution in [1.82, 2.24) is 9.88 Å². The lowest BCUT2D eigenvalue weighted by atomic mass is 10.1. The topological polar surface area (TPSA) is 54.5 Å². The lowest BCUT2D eigenvalue weighted by Gasteiger charge is -2.26. The Balaban J connectivity index is 1.24. The predicted molar refractivity (Wildman–Crippen MR) is 126 cm³/mol. The normalized spacial score (nSPS) is 14.6. The SMILES string of the molecule is O=C(Nc1nc(-c2ccc3ccccc3c2)cs1)c1ccc(CN2CCOCC2)cc1. The number of carbonyl (C=O) groups is 1. The summed E-state index contributed by atoms with van der Waals surface area (Å²) in [6.07, 6.45) is 0. The van der Waals surface area contributed by atoms with E-state index in [4.69, 9.17) is 4.74 Å². The maximum Gasteiger partial charge on any atom is 0.257 e. The smallest absolute Gasteiger partial charge is 0.257 e. The second-order valence-corrected chi connectivity index (χ2v) is 8.50. The fraction of sp³-hybridized carbons (Fsp3) is 0.200. The quantitative estimate of drug-likeness (QED) is 0.482. The molecule has 1 aliphatic heterocycles.